The lowest BCUT2D eigenvalue weighted by Crippen LogP contribution is -2.62. The van der Waals surface area contributed by atoms with E-state index in [1.165, 1.54) is 17.0 Å². The Labute approximate surface area is 121 Å². The summed E-state index contributed by atoms with van der Waals surface area (Å²) in [5, 5.41) is 2.66. The number of halogens is 2. The molecule has 4 nitrogen and oxygen atoms in total. The number of rotatable bonds is 3. The molecule has 2 fully saturated rings. The molecule has 3 rings (SSSR count). The van der Waals surface area contributed by atoms with Crippen molar-refractivity contribution in [3.63, 3.8) is 0 Å². The van der Waals surface area contributed by atoms with Gasteiger partial charge in [-0.1, -0.05) is 0 Å². The molecule has 2 unspecified atom stereocenters. The van der Waals surface area contributed by atoms with Gasteiger partial charge in [-0.25, -0.2) is 8.78 Å². The van der Waals surface area contributed by atoms with Crippen molar-refractivity contribution in [1.82, 2.24) is 10.2 Å². The molecule has 112 valence electrons. The van der Waals surface area contributed by atoms with Crippen molar-refractivity contribution in [3.8, 4) is 0 Å². The van der Waals surface area contributed by atoms with E-state index in [2.05, 4.69) is 5.32 Å². The summed E-state index contributed by atoms with van der Waals surface area (Å²) in [6.45, 7) is 1.66. The van der Waals surface area contributed by atoms with E-state index in [0.717, 1.165) is 18.9 Å². The van der Waals surface area contributed by atoms with Crippen LogP contribution in [0.4, 0.5) is 8.78 Å². The third-order valence-electron chi connectivity index (χ3n) is 3.96. The molecule has 6 heteroatoms. The van der Waals surface area contributed by atoms with Crippen LogP contribution in [-0.2, 0) is 16.1 Å². The van der Waals surface area contributed by atoms with Crippen molar-refractivity contribution in [1.29, 1.82) is 0 Å². The molecule has 0 bridgehead atoms. The van der Waals surface area contributed by atoms with Gasteiger partial charge >= 0.3 is 0 Å². The number of carbonyl (C=O) groups excluding carboxylic acids is 2. The Kier molecular flexibility index (Phi) is 3.39. The molecule has 1 saturated carbocycles. The third kappa shape index (κ3) is 2.75. The molecule has 21 heavy (non-hydrogen) atoms. The van der Waals surface area contributed by atoms with Crippen molar-refractivity contribution in [2.45, 2.75) is 38.4 Å². The molecule has 2 aliphatic rings. The minimum Gasteiger partial charge on any atom is -0.343 e. The second-order valence-electron chi connectivity index (χ2n) is 5.76. The highest BCUT2D eigenvalue weighted by atomic mass is 19.1. The van der Waals surface area contributed by atoms with Crippen LogP contribution in [0.1, 0.15) is 25.3 Å². The molecule has 1 aliphatic carbocycles. The predicted molar refractivity (Wildman–Crippen MR) is 71.0 cm³/mol. The van der Waals surface area contributed by atoms with E-state index in [9.17, 15) is 18.4 Å². The van der Waals surface area contributed by atoms with Gasteiger partial charge in [-0.05, 0) is 43.4 Å². The SMILES string of the molecule is CC1NC(=O)C(C2CC2)N(Cc2cc(F)cc(F)c2)C1=O. The molecule has 0 radical (unpaired) electrons. The zero-order valence-electron chi connectivity index (χ0n) is 11.6. The van der Waals surface area contributed by atoms with Crippen molar-refractivity contribution < 1.29 is 18.4 Å². The van der Waals surface area contributed by atoms with Crippen LogP contribution in [-0.4, -0.2) is 28.8 Å². The summed E-state index contributed by atoms with van der Waals surface area (Å²) in [6, 6.07) is 2.04. The fourth-order valence-corrected chi connectivity index (χ4v) is 2.84. The third-order valence-corrected chi connectivity index (χ3v) is 3.96. The van der Waals surface area contributed by atoms with E-state index in [1.54, 1.807) is 6.92 Å². The van der Waals surface area contributed by atoms with Crippen LogP contribution < -0.4 is 5.32 Å². The van der Waals surface area contributed by atoms with E-state index < -0.39 is 23.7 Å². The Hall–Kier alpha value is -1.98. The van der Waals surface area contributed by atoms with Crippen molar-refractivity contribution in [2.75, 3.05) is 0 Å². The second kappa shape index (κ2) is 5.09. The van der Waals surface area contributed by atoms with Crippen LogP contribution in [0, 0.1) is 17.6 Å². The minimum atomic E-state index is -0.685. The van der Waals surface area contributed by atoms with Crippen molar-refractivity contribution >= 4 is 11.8 Å². The highest BCUT2D eigenvalue weighted by molar-refractivity contribution is 5.97. The van der Waals surface area contributed by atoms with Gasteiger partial charge in [0, 0.05) is 12.6 Å². The lowest BCUT2D eigenvalue weighted by Gasteiger charge is -2.38. The van der Waals surface area contributed by atoms with Gasteiger partial charge in [0.2, 0.25) is 11.8 Å². The lowest BCUT2D eigenvalue weighted by atomic mass is 10.0. The lowest BCUT2D eigenvalue weighted by molar-refractivity contribution is -0.150. The average molecular weight is 294 g/mol. The molecule has 2 amide bonds. The summed E-state index contributed by atoms with van der Waals surface area (Å²) in [5.74, 6) is -1.61. The number of hydrogen-bond acceptors (Lipinski definition) is 2. The van der Waals surface area contributed by atoms with Gasteiger partial charge < -0.3 is 10.2 Å². The molecular formula is C15H16F2N2O2. The van der Waals surface area contributed by atoms with E-state index in [4.69, 9.17) is 0 Å². The largest absolute Gasteiger partial charge is 0.343 e. The first-order valence-corrected chi connectivity index (χ1v) is 7.01. The number of hydrogen-bond donors (Lipinski definition) is 1. The highest BCUT2D eigenvalue weighted by Gasteiger charge is 2.46. The Balaban J connectivity index is 1.88. The van der Waals surface area contributed by atoms with Crippen LogP contribution in [0.2, 0.25) is 0 Å². The number of nitrogens with one attached hydrogen (secondary N) is 1. The van der Waals surface area contributed by atoms with Crippen molar-refractivity contribution in [3.05, 3.63) is 35.4 Å². The van der Waals surface area contributed by atoms with Gasteiger partial charge in [0.25, 0.3) is 0 Å². The second-order valence-corrected chi connectivity index (χ2v) is 5.76. The molecule has 1 aromatic rings. The molecule has 1 aromatic carbocycles. The Morgan fingerprint density at radius 2 is 1.81 bits per heavy atom. The first kappa shape index (κ1) is 14.0. The summed E-state index contributed by atoms with van der Waals surface area (Å²) in [5.41, 5.74) is 0.355. The Bertz CT molecular complexity index is 581. The topological polar surface area (TPSA) is 49.4 Å². The number of benzene rings is 1. The quantitative estimate of drug-likeness (QED) is 0.920. The summed E-state index contributed by atoms with van der Waals surface area (Å²) < 4.78 is 26.6. The van der Waals surface area contributed by atoms with Crippen LogP contribution in [0.3, 0.4) is 0 Å². The molecule has 1 N–H and O–H groups in total. The molecule has 0 spiro atoms. The fourth-order valence-electron chi connectivity index (χ4n) is 2.84. The number of carbonyl (C=O) groups is 2. The van der Waals surface area contributed by atoms with Crippen LogP contribution in [0.25, 0.3) is 0 Å². The van der Waals surface area contributed by atoms with E-state index in [1.807, 2.05) is 0 Å². The first-order valence-electron chi connectivity index (χ1n) is 7.01. The molecule has 1 aliphatic heterocycles. The average Bonchev–Trinajstić information content (AvgIpc) is 3.19. The van der Waals surface area contributed by atoms with Crippen LogP contribution in [0.15, 0.2) is 18.2 Å². The Morgan fingerprint density at radius 1 is 1.19 bits per heavy atom. The van der Waals surface area contributed by atoms with Crippen LogP contribution >= 0.6 is 0 Å². The number of amides is 2. The van der Waals surface area contributed by atoms with Gasteiger partial charge in [0.05, 0.1) is 0 Å². The summed E-state index contributed by atoms with van der Waals surface area (Å²) in [6.07, 6.45) is 1.79. The molecule has 2 atom stereocenters. The fraction of sp³-hybridized carbons (Fsp3) is 0.467. The summed E-state index contributed by atoms with van der Waals surface area (Å²) in [4.78, 5) is 25.9. The standard InChI is InChI=1S/C15H16F2N2O2/c1-8-15(21)19(13(10-2-3-10)14(20)18-8)7-9-4-11(16)6-12(17)5-9/h4-6,8,10,13H,2-3,7H2,1H3,(H,18,20). The zero-order valence-corrected chi connectivity index (χ0v) is 11.6. The van der Waals surface area contributed by atoms with E-state index >= 15 is 0 Å². The number of piperazine rings is 1. The van der Waals surface area contributed by atoms with Gasteiger partial charge in [-0.15, -0.1) is 0 Å². The van der Waals surface area contributed by atoms with Gasteiger partial charge in [0.1, 0.15) is 23.7 Å². The van der Waals surface area contributed by atoms with Crippen molar-refractivity contribution in [2.24, 2.45) is 5.92 Å². The molecule has 1 saturated heterocycles. The summed E-state index contributed by atoms with van der Waals surface area (Å²) in [7, 11) is 0. The van der Waals surface area contributed by atoms with Crippen LogP contribution in [0.5, 0.6) is 0 Å². The predicted octanol–water partition coefficient (Wildman–Crippen LogP) is 1.59. The van der Waals surface area contributed by atoms with Gasteiger partial charge in [0.15, 0.2) is 0 Å². The summed E-state index contributed by atoms with van der Waals surface area (Å²) >= 11 is 0. The normalized spacial score (nSPS) is 26.0. The number of nitrogens with zero attached hydrogens (tertiary/aromatic N) is 1. The molecule has 0 aromatic heterocycles. The van der Waals surface area contributed by atoms with E-state index in [0.29, 0.717) is 5.56 Å². The molecular weight excluding hydrogens is 278 g/mol. The molecule has 1 heterocycles. The maximum absolute atomic E-state index is 13.3. The van der Waals surface area contributed by atoms with E-state index in [-0.39, 0.29) is 24.3 Å². The zero-order chi connectivity index (χ0) is 15.1. The van der Waals surface area contributed by atoms with Gasteiger partial charge in [-0.2, -0.15) is 0 Å². The Morgan fingerprint density at radius 3 is 2.38 bits per heavy atom. The maximum atomic E-state index is 13.3. The smallest absolute Gasteiger partial charge is 0.245 e. The highest BCUT2D eigenvalue weighted by Crippen LogP contribution is 2.37. The monoisotopic (exact) mass is 294 g/mol. The maximum Gasteiger partial charge on any atom is 0.245 e. The van der Waals surface area contributed by atoms with Gasteiger partial charge in [-0.3, -0.25) is 9.59 Å². The minimum absolute atomic E-state index is 0.0481. The first-order chi connectivity index (χ1) is 9.95.